The van der Waals surface area contributed by atoms with Gasteiger partial charge in [-0.1, -0.05) is 0 Å². The Morgan fingerprint density at radius 3 is 2.85 bits per heavy atom. The largest absolute Gasteiger partial charge is 0.396 e. The minimum atomic E-state index is -3.85. The van der Waals surface area contributed by atoms with Crippen molar-refractivity contribution in [2.45, 2.75) is 24.0 Å². The van der Waals surface area contributed by atoms with E-state index in [4.69, 9.17) is 15.6 Å². The van der Waals surface area contributed by atoms with Gasteiger partial charge in [0.1, 0.15) is 5.82 Å². The Labute approximate surface area is 117 Å². The summed E-state index contributed by atoms with van der Waals surface area (Å²) in [5, 5.41) is 9.09. The van der Waals surface area contributed by atoms with Crippen LogP contribution in [0.25, 0.3) is 0 Å². The van der Waals surface area contributed by atoms with E-state index in [0.29, 0.717) is 0 Å². The van der Waals surface area contributed by atoms with Crippen LogP contribution in [0.1, 0.15) is 6.92 Å². The molecule has 8 heteroatoms. The molecule has 2 unspecified atom stereocenters. The van der Waals surface area contributed by atoms with E-state index < -0.39 is 21.9 Å². The molecule has 2 rings (SSSR count). The monoisotopic (exact) mass is 304 g/mol. The molecule has 0 spiro atoms. The van der Waals surface area contributed by atoms with Gasteiger partial charge in [0.15, 0.2) is 0 Å². The first kappa shape index (κ1) is 15.2. The Morgan fingerprint density at radius 2 is 2.25 bits per heavy atom. The minimum Gasteiger partial charge on any atom is -0.396 e. The average molecular weight is 304 g/mol. The smallest absolute Gasteiger partial charge is 0.243 e. The lowest BCUT2D eigenvalue weighted by Gasteiger charge is -2.36. The highest BCUT2D eigenvalue weighted by atomic mass is 32.2. The van der Waals surface area contributed by atoms with Gasteiger partial charge in [-0.25, -0.2) is 12.8 Å². The topological polar surface area (TPSA) is 92.9 Å². The lowest BCUT2D eigenvalue weighted by molar-refractivity contribution is -0.0516. The number of aliphatic hydroxyl groups is 1. The molecule has 0 bridgehead atoms. The molecular formula is C12H17FN2O4S. The highest BCUT2D eigenvalue weighted by molar-refractivity contribution is 7.89. The summed E-state index contributed by atoms with van der Waals surface area (Å²) in [6.45, 7) is 1.64. The van der Waals surface area contributed by atoms with Gasteiger partial charge in [-0.2, -0.15) is 4.31 Å². The average Bonchev–Trinajstić information content (AvgIpc) is 2.42. The van der Waals surface area contributed by atoms with E-state index in [0.717, 1.165) is 6.07 Å². The van der Waals surface area contributed by atoms with Crippen LogP contribution in [-0.4, -0.2) is 49.7 Å². The van der Waals surface area contributed by atoms with Crippen LogP contribution in [0, 0.1) is 5.82 Å². The summed E-state index contributed by atoms with van der Waals surface area (Å²) >= 11 is 0. The van der Waals surface area contributed by atoms with Crippen LogP contribution in [0.4, 0.5) is 10.1 Å². The van der Waals surface area contributed by atoms with E-state index in [9.17, 15) is 12.8 Å². The van der Waals surface area contributed by atoms with Gasteiger partial charge in [-0.3, -0.25) is 0 Å². The molecule has 2 atom stereocenters. The fourth-order valence-electron chi connectivity index (χ4n) is 2.04. The molecule has 3 N–H and O–H groups in total. The third-order valence-corrected chi connectivity index (χ3v) is 5.21. The van der Waals surface area contributed by atoms with Crippen molar-refractivity contribution in [3.05, 3.63) is 24.0 Å². The van der Waals surface area contributed by atoms with Crippen molar-refractivity contribution in [2.24, 2.45) is 0 Å². The van der Waals surface area contributed by atoms with Crippen molar-refractivity contribution in [2.75, 3.05) is 25.5 Å². The second kappa shape index (κ2) is 5.65. The molecule has 1 aliphatic rings. The summed E-state index contributed by atoms with van der Waals surface area (Å²) in [7, 11) is -3.85. The normalized spacial score (nSPS) is 24.8. The predicted octanol–water partition coefficient (Wildman–Crippen LogP) is 0.178. The number of benzene rings is 1. The lowest BCUT2D eigenvalue weighted by Crippen LogP contribution is -2.51. The molecular weight excluding hydrogens is 287 g/mol. The van der Waals surface area contributed by atoms with Gasteiger partial charge >= 0.3 is 0 Å². The predicted molar refractivity (Wildman–Crippen MR) is 71.0 cm³/mol. The van der Waals surface area contributed by atoms with E-state index in [-0.39, 0.29) is 36.4 Å². The maximum absolute atomic E-state index is 13.4. The molecule has 0 aromatic heterocycles. The van der Waals surface area contributed by atoms with Gasteiger partial charge in [0.05, 0.1) is 29.9 Å². The molecule has 20 heavy (non-hydrogen) atoms. The standard InChI is InChI=1S/C12H17FN2O4S/c1-8-7-19-9(6-16)5-15(8)20(17,18)10-2-3-12(14)11(13)4-10/h2-4,8-9,16H,5-7,14H2,1H3. The van der Waals surface area contributed by atoms with Crippen LogP contribution in [0.3, 0.4) is 0 Å². The number of nitrogen functional groups attached to an aromatic ring is 1. The van der Waals surface area contributed by atoms with E-state index in [2.05, 4.69) is 0 Å². The molecule has 1 fully saturated rings. The second-order valence-corrected chi connectivity index (χ2v) is 6.64. The maximum atomic E-state index is 13.4. The number of anilines is 1. The molecule has 1 aliphatic heterocycles. The summed E-state index contributed by atoms with van der Waals surface area (Å²) in [6.07, 6.45) is -0.570. The molecule has 0 saturated carbocycles. The van der Waals surface area contributed by atoms with Crippen LogP contribution in [0.15, 0.2) is 23.1 Å². The first-order chi connectivity index (χ1) is 9.36. The van der Waals surface area contributed by atoms with Gasteiger partial charge in [-0.15, -0.1) is 0 Å². The number of rotatable bonds is 3. The van der Waals surface area contributed by atoms with Crippen molar-refractivity contribution in [1.29, 1.82) is 0 Å². The lowest BCUT2D eigenvalue weighted by atomic mass is 10.2. The zero-order valence-corrected chi connectivity index (χ0v) is 11.8. The number of aliphatic hydroxyl groups excluding tert-OH is 1. The number of nitrogens with zero attached hydrogens (tertiary/aromatic N) is 1. The van der Waals surface area contributed by atoms with Crippen LogP contribution < -0.4 is 5.73 Å². The van der Waals surface area contributed by atoms with Gasteiger partial charge in [0.25, 0.3) is 0 Å². The molecule has 1 aromatic rings. The molecule has 1 heterocycles. The fourth-order valence-corrected chi connectivity index (χ4v) is 3.70. The zero-order valence-electron chi connectivity index (χ0n) is 11.0. The third-order valence-electron chi connectivity index (χ3n) is 3.23. The second-order valence-electron chi connectivity index (χ2n) is 4.74. The number of morpholine rings is 1. The highest BCUT2D eigenvalue weighted by Gasteiger charge is 2.35. The Kier molecular flexibility index (Phi) is 4.28. The Hall–Kier alpha value is -1.22. The Morgan fingerprint density at radius 1 is 1.55 bits per heavy atom. The molecule has 0 radical (unpaired) electrons. The van der Waals surface area contributed by atoms with Crippen molar-refractivity contribution in [3.8, 4) is 0 Å². The summed E-state index contributed by atoms with van der Waals surface area (Å²) < 4.78 is 45.0. The van der Waals surface area contributed by atoms with Crippen molar-refractivity contribution < 1.29 is 22.7 Å². The number of ether oxygens (including phenoxy) is 1. The number of sulfonamides is 1. The molecule has 0 aliphatic carbocycles. The number of hydrogen-bond donors (Lipinski definition) is 2. The molecule has 1 aromatic carbocycles. The van der Waals surface area contributed by atoms with Crippen LogP contribution in [-0.2, 0) is 14.8 Å². The Bertz CT molecular complexity index is 593. The molecule has 6 nitrogen and oxygen atoms in total. The molecule has 0 amide bonds. The van der Waals surface area contributed by atoms with Gasteiger partial charge in [-0.05, 0) is 25.1 Å². The van der Waals surface area contributed by atoms with Gasteiger partial charge < -0.3 is 15.6 Å². The summed E-state index contributed by atoms with van der Waals surface area (Å²) in [5.74, 6) is -0.773. The third kappa shape index (κ3) is 2.78. The van der Waals surface area contributed by atoms with Crippen molar-refractivity contribution in [3.63, 3.8) is 0 Å². The van der Waals surface area contributed by atoms with Crippen molar-refractivity contribution >= 4 is 15.7 Å². The zero-order chi connectivity index (χ0) is 14.9. The highest BCUT2D eigenvalue weighted by Crippen LogP contribution is 2.24. The van der Waals surface area contributed by atoms with Gasteiger partial charge in [0, 0.05) is 12.6 Å². The maximum Gasteiger partial charge on any atom is 0.243 e. The first-order valence-corrected chi connectivity index (χ1v) is 7.59. The first-order valence-electron chi connectivity index (χ1n) is 6.15. The number of hydrogen-bond acceptors (Lipinski definition) is 5. The molecule has 1 saturated heterocycles. The number of halogens is 1. The van der Waals surface area contributed by atoms with E-state index in [1.54, 1.807) is 6.92 Å². The van der Waals surface area contributed by atoms with Crippen LogP contribution >= 0.6 is 0 Å². The van der Waals surface area contributed by atoms with E-state index in [1.807, 2.05) is 0 Å². The van der Waals surface area contributed by atoms with Gasteiger partial charge in [0.2, 0.25) is 10.0 Å². The summed E-state index contributed by atoms with van der Waals surface area (Å²) in [5.41, 5.74) is 5.24. The van der Waals surface area contributed by atoms with E-state index in [1.165, 1.54) is 16.4 Å². The molecule has 112 valence electrons. The summed E-state index contributed by atoms with van der Waals surface area (Å²) in [6, 6.07) is 3.00. The quantitative estimate of drug-likeness (QED) is 0.777. The fraction of sp³-hybridized carbons (Fsp3) is 0.500. The van der Waals surface area contributed by atoms with Crippen molar-refractivity contribution in [1.82, 2.24) is 4.31 Å². The van der Waals surface area contributed by atoms with E-state index >= 15 is 0 Å². The SMILES string of the molecule is CC1COC(CO)CN1S(=O)(=O)c1ccc(N)c(F)c1. The van der Waals surface area contributed by atoms with Crippen LogP contribution in [0.2, 0.25) is 0 Å². The number of nitrogens with two attached hydrogens (primary N) is 1. The Balaban J connectivity index is 2.35. The minimum absolute atomic E-state index is 0.0337. The van der Waals surface area contributed by atoms with Crippen LogP contribution in [0.5, 0.6) is 0 Å². The summed E-state index contributed by atoms with van der Waals surface area (Å²) in [4.78, 5) is -0.158.